The van der Waals surface area contributed by atoms with Gasteiger partial charge in [0.25, 0.3) is 0 Å². The van der Waals surface area contributed by atoms with Crippen LogP contribution in [-0.2, 0) is 13.5 Å². The van der Waals surface area contributed by atoms with Crippen LogP contribution < -0.4 is 4.57 Å². The Morgan fingerprint density at radius 3 is 2.50 bits per heavy atom. The number of hydrogen-bond donors (Lipinski definition) is 0. The topological polar surface area (TPSA) is 3.88 Å². The number of aromatic nitrogens is 1. The fourth-order valence-electron chi connectivity index (χ4n) is 4.71. The van der Waals surface area contributed by atoms with Crippen LogP contribution >= 0.6 is 0 Å². The highest BCUT2D eigenvalue weighted by Crippen LogP contribution is 2.33. The molecular formula is C25H30N+. The summed E-state index contributed by atoms with van der Waals surface area (Å²) in [5, 5.41) is 2.73. The highest BCUT2D eigenvalue weighted by Gasteiger charge is 2.20. The quantitative estimate of drug-likeness (QED) is 0.514. The predicted molar refractivity (Wildman–Crippen MR) is 110 cm³/mol. The second-order valence-electron chi connectivity index (χ2n) is 8.31. The minimum atomic E-state index is 0.885. The molecule has 1 aromatic heterocycles. The lowest BCUT2D eigenvalue weighted by atomic mass is 9.92. The molecule has 0 bridgehead atoms. The Kier molecular flexibility index (Phi) is 4.56. The van der Waals surface area contributed by atoms with Crippen LogP contribution in [0.4, 0.5) is 0 Å². The lowest BCUT2D eigenvalue weighted by Gasteiger charge is -2.13. The molecule has 1 aliphatic carbocycles. The van der Waals surface area contributed by atoms with E-state index in [1.165, 1.54) is 76.4 Å². The van der Waals surface area contributed by atoms with Crippen LogP contribution in [0.3, 0.4) is 0 Å². The van der Waals surface area contributed by atoms with Crippen molar-refractivity contribution in [1.82, 2.24) is 0 Å². The minimum absolute atomic E-state index is 0.885. The molecule has 0 saturated heterocycles. The third kappa shape index (κ3) is 3.16. The van der Waals surface area contributed by atoms with E-state index >= 15 is 0 Å². The summed E-state index contributed by atoms with van der Waals surface area (Å²) in [6.45, 7) is 6.68. The number of pyridine rings is 1. The third-order valence-corrected chi connectivity index (χ3v) is 6.27. The van der Waals surface area contributed by atoms with Crippen LogP contribution in [0, 0.1) is 26.7 Å². The fraction of sp³-hybridized carbons (Fsp3) is 0.400. The summed E-state index contributed by atoms with van der Waals surface area (Å²) in [4.78, 5) is 0. The van der Waals surface area contributed by atoms with Gasteiger partial charge in [-0.25, -0.2) is 4.57 Å². The van der Waals surface area contributed by atoms with Crippen LogP contribution in [-0.4, -0.2) is 0 Å². The zero-order valence-corrected chi connectivity index (χ0v) is 16.6. The number of benzene rings is 2. The molecule has 0 amide bonds. The van der Waals surface area contributed by atoms with Crippen LogP contribution in [0.15, 0.2) is 42.6 Å². The van der Waals surface area contributed by atoms with Crippen molar-refractivity contribution in [2.24, 2.45) is 13.0 Å². The summed E-state index contributed by atoms with van der Waals surface area (Å²) in [7, 11) is 2.18. The fourth-order valence-corrected chi connectivity index (χ4v) is 4.71. The first-order valence-corrected chi connectivity index (χ1v) is 10.0. The standard InChI is InChI=1S/C25H30N/c1-17-13-18(2)19(3)23(14-17)25-24-16-21(15-20-7-5-6-8-20)9-10-22(24)11-12-26(25)4/h9-14,16,20H,5-8,15H2,1-4H3/q+1. The van der Waals surface area contributed by atoms with Crippen molar-refractivity contribution in [3.8, 4) is 11.3 Å². The van der Waals surface area contributed by atoms with Crippen molar-refractivity contribution in [2.45, 2.75) is 52.9 Å². The molecule has 0 aliphatic heterocycles. The zero-order chi connectivity index (χ0) is 18.3. The van der Waals surface area contributed by atoms with Gasteiger partial charge in [0.2, 0.25) is 5.69 Å². The first-order valence-electron chi connectivity index (χ1n) is 10.0. The van der Waals surface area contributed by atoms with Gasteiger partial charge in [-0.2, -0.15) is 0 Å². The lowest BCUT2D eigenvalue weighted by Crippen LogP contribution is -2.30. The van der Waals surface area contributed by atoms with Crippen molar-refractivity contribution in [3.05, 3.63) is 64.8 Å². The molecule has 1 aliphatic rings. The molecule has 1 heteroatoms. The van der Waals surface area contributed by atoms with Gasteiger partial charge in [0.05, 0.1) is 10.9 Å². The van der Waals surface area contributed by atoms with E-state index in [1.807, 2.05) is 0 Å². The van der Waals surface area contributed by atoms with Gasteiger partial charge in [0.1, 0.15) is 7.05 Å². The van der Waals surface area contributed by atoms with Crippen LogP contribution in [0.25, 0.3) is 22.0 Å². The predicted octanol–water partition coefficient (Wildman–Crippen LogP) is 5.99. The van der Waals surface area contributed by atoms with Crippen molar-refractivity contribution >= 4 is 10.8 Å². The molecule has 1 fully saturated rings. The van der Waals surface area contributed by atoms with Crippen LogP contribution in [0.5, 0.6) is 0 Å². The summed E-state index contributed by atoms with van der Waals surface area (Å²) in [5.74, 6) is 0.885. The number of fused-ring (bicyclic) bond motifs is 1. The largest absolute Gasteiger partial charge is 0.220 e. The van der Waals surface area contributed by atoms with Crippen molar-refractivity contribution < 1.29 is 4.57 Å². The molecule has 1 saturated carbocycles. The maximum Gasteiger partial charge on any atom is 0.220 e. The van der Waals surface area contributed by atoms with E-state index in [0.29, 0.717) is 0 Å². The molecule has 1 nitrogen and oxygen atoms in total. The second-order valence-corrected chi connectivity index (χ2v) is 8.31. The van der Waals surface area contributed by atoms with Crippen molar-refractivity contribution in [2.75, 3.05) is 0 Å². The molecule has 0 unspecified atom stereocenters. The van der Waals surface area contributed by atoms with E-state index in [0.717, 1.165) is 5.92 Å². The molecule has 4 rings (SSSR count). The molecule has 0 atom stereocenters. The first-order chi connectivity index (χ1) is 12.5. The van der Waals surface area contributed by atoms with Gasteiger partial charge in [0, 0.05) is 6.07 Å². The second kappa shape index (κ2) is 6.87. The molecule has 3 aromatic rings. The minimum Gasteiger partial charge on any atom is -0.200 e. The Balaban J connectivity index is 1.89. The van der Waals surface area contributed by atoms with Crippen LogP contribution in [0.2, 0.25) is 0 Å². The monoisotopic (exact) mass is 344 g/mol. The van der Waals surface area contributed by atoms with Crippen LogP contribution in [0.1, 0.15) is 47.9 Å². The molecule has 2 aromatic carbocycles. The number of rotatable bonds is 3. The smallest absolute Gasteiger partial charge is 0.200 e. The molecule has 0 N–H and O–H groups in total. The summed E-state index contributed by atoms with van der Waals surface area (Å²) < 4.78 is 2.29. The molecular weight excluding hydrogens is 314 g/mol. The average Bonchev–Trinajstić information content (AvgIpc) is 3.11. The van der Waals surface area contributed by atoms with E-state index in [9.17, 15) is 0 Å². The van der Waals surface area contributed by atoms with E-state index in [-0.39, 0.29) is 0 Å². The SMILES string of the molecule is Cc1cc(C)c(C)c(-c2c3cc(CC4CCCC4)ccc3cc[n+]2C)c1. The molecule has 0 spiro atoms. The first kappa shape index (κ1) is 17.3. The van der Waals surface area contributed by atoms with Gasteiger partial charge in [-0.3, -0.25) is 0 Å². The maximum atomic E-state index is 2.46. The summed E-state index contributed by atoms with van der Waals surface area (Å²) in [6.07, 6.45) is 9.08. The Labute approximate surface area is 157 Å². The summed E-state index contributed by atoms with van der Waals surface area (Å²) in [5.41, 5.74) is 8.31. The number of aryl methyl sites for hydroxylation is 3. The van der Waals surface area contributed by atoms with Gasteiger partial charge < -0.3 is 0 Å². The third-order valence-electron chi connectivity index (χ3n) is 6.27. The van der Waals surface area contributed by atoms with Gasteiger partial charge in [-0.05, 0) is 67.3 Å². The van der Waals surface area contributed by atoms with Crippen molar-refractivity contribution in [3.63, 3.8) is 0 Å². The van der Waals surface area contributed by atoms with E-state index in [4.69, 9.17) is 0 Å². The highest BCUT2D eigenvalue weighted by molar-refractivity contribution is 5.94. The average molecular weight is 345 g/mol. The molecule has 1 heterocycles. The Hall–Kier alpha value is -2.15. The summed E-state index contributed by atoms with van der Waals surface area (Å²) >= 11 is 0. The Morgan fingerprint density at radius 1 is 0.962 bits per heavy atom. The lowest BCUT2D eigenvalue weighted by molar-refractivity contribution is -0.659. The highest BCUT2D eigenvalue weighted by atomic mass is 14.9. The Bertz CT molecular complexity index is 962. The number of nitrogens with zero attached hydrogens (tertiary/aromatic N) is 1. The summed E-state index contributed by atoms with van der Waals surface area (Å²) in [6, 6.07) is 14.0. The normalized spacial score (nSPS) is 15.1. The van der Waals surface area contributed by atoms with Gasteiger partial charge in [-0.1, -0.05) is 49.4 Å². The molecule has 134 valence electrons. The maximum absolute atomic E-state index is 2.46. The molecule has 0 radical (unpaired) electrons. The molecule has 26 heavy (non-hydrogen) atoms. The van der Waals surface area contributed by atoms with E-state index < -0.39 is 0 Å². The van der Waals surface area contributed by atoms with Crippen molar-refractivity contribution in [1.29, 1.82) is 0 Å². The number of hydrogen-bond acceptors (Lipinski definition) is 0. The zero-order valence-electron chi connectivity index (χ0n) is 16.6. The van der Waals surface area contributed by atoms with E-state index in [2.05, 4.69) is 75.0 Å². The van der Waals surface area contributed by atoms with Gasteiger partial charge >= 0.3 is 0 Å². The Morgan fingerprint density at radius 2 is 1.73 bits per heavy atom. The van der Waals surface area contributed by atoms with Gasteiger partial charge in [-0.15, -0.1) is 0 Å². The van der Waals surface area contributed by atoms with Gasteiger partial charge in [0.15, 0.2) is 6.20 Å². The van der Waals surface area contributed by atoms with E-state index in [1.54, 1.807) is 0 Å².